The number of aromatic nitrogens is 2. The number of nitrogen functional groups attached to an aromatic ring is 1. The molecule has 0 aliphatic rings. The van der Waals surface area contributed by atoms with E-state index in [0.717, 1.165) is 24.2 Å². The van der Waals surface area contributed by atoms with Gasteiger partial charge in [0.1, 0.15) is 5.82 Å². The van der Waals surface area contributed by atoms with Crippen LogP contribution in [0.15, 0.2) is 30.6 Å². The SMILES string of the molecule is CCNC(Cc1cccnc1N)c1ncc(C)cc1C. The van der Waals surface area contributed by atoms with Crippen LogP contribution < -0.4 is 11.1 Å². The number of hydrogen-bond donors (Lipinski definition) is 2. The Labute approximate surface area is 120 Å². The maximum Gasteiger partial charge on any atom is 0.126 e. The lowest BCUT2D eigenvalue weighted by Crippen LogP contribution is -2.25. The van der Waals surface area contributed by atoms with Gasteiger partial charge in [-0.1, -0.05) is 19.1 Å². The van der Waals surface area contributed by atoms with E-state index in [2.05, 4.69) is 42.1 Å². The topological polar surface area (TPSA) is 63.8 Å². The number of pyridine rings is 2. The Hall–Kier alpha value is -1.94. The molecule has 1 atom stereocenters. The Morgan fingerprint density at radius 2 is 2.10 bits per heavy atom. The van der Waals surface area contributed by atoms with E-state index in [1.165, 1.54) is 11.1 Å². The van der Waals surface area contributed by atoms with E-state index in [4.69, 9.17) is 5.73 Å². The van der Waals surface area contributed by atoms with Gasteiger partial charge in [0.15, 0.2) is 0 Å². The van der Waals surface area contributed by atoms with Gasteiger partial charge in [0.25, 0.3) is 0 Å². The van der Waals surface area contributed by atoms with Crippen molar-refractivity contribution in [1.82, 2.24) is 15.3 Å². The molecule has 0 aliphatic carbocycles. The molecule has 0 aromatic carbocycles. The predicted octanol–water partition coefficient (Wildman–Crippen LogP) is 2.57. The Kier molecular flexibility index (Phi) is 4.69. The lowest BCUT2D eigenvalue weighted by Gasteiger charge is -2.20. The molecule has 4 nitrogen and oxygen atoms in total. The highest BCUT2D eigenvalue weighted by molar-refractivity contribution is 5.40. The number of aryl methyl sites for hydroxylation is 2. The van der Waals surface area contributed by atoms with Gasteiger partial charge in [-0.15, -0.1) is 0 Å². The van der Waals surface area contributed by atoms with Crippen LogP contribution in [-0.2, 0) is 6.42 Å². The standard InChI is InChI=1S/C16H22N4/c1-4-18-14(9-13-6-5-7-19-16(13)17)15-12(3)8-11(2)10-20-15/h5-8,10,14,18H,4,9H2,1-3H3,(H2,17,19). The van der Waals surface area contributed by atoms with Crippen molar-refractivity contribution in [3.8, 4) is 0 Å². The summed E-state index contributed by atoms with van der Waals surface area (Å²) in [6.45, 7) is 7.15. The van der Waals surface area contributed by atoms with Crippen LogP contribution in [0.5, 0.6) is 0 Å². The molecule has 0 bridgehead atoms. The summed E-state index contributed by atoms with van der Waals surface area (Å²) >= 11 is 0. The summed E-state index contributed by atoms with van der Waals surface area (Å²) < 4.78 is 0. The fraction of sp³-hybridized carbons (Fsp3) is 0.375. The van der Waals surface area contributed by atoms with Crippen molar-refractivity contribution < 1.29 is 0 Å². The zero-order chi connectivity index (χ0) is 14.5. The second-order valence-corrected chi connectivity index (χ2v) is 5.08. The molecule has 0 fully saturated rings. The molecular formula is C16H22N4. The second kappa shape index (κ2) is 6.48. The number of anilines is 1. The van der Waals surface area contributed by atoms with Crippen LogP contribution >= 0.6 is 0 Å². The zero-order valence-electron chi connectivity index (χ0n) is 12.4. The first-order chi connectivity index (χ1) is 9.61. The van der Waals surface area contributed by atoms with Crippen LogP contribution in [0.2, 0.25) is 0 Å². The molecule has 2 heterocycles. The fourth-order valence-electron chi connectivity index (χ4n) is 2.45. The van der Waals surface area contributed by atoms with Gasteiger partial charge in [-0.25, -0.2) is 4.98 Å². The van der Waals surface area contributed by atoms with E-state index in [0.29, 0.717) is 5.82 Å². The number of rotatable bonds is 5. The van der Waals surface area contributed by atoms with Gasteiger partial charge >= 0.3 is 0 Å². The van der Waals surface area contributed by atoms with Crippen molar-refractivity contribution in [2.45, 2.75) is 33.2 Å². The van der Waals surface area contributed by atoms with Crippen LogP contribution in [0.25, 0.3) is 0 Å². The van der Waals surface area contributed by atoms with Crippen LogP contribution in [0.3, 0.4) is 0 Å². The third kappa shape index (κ3) is 3.33. The van der Waals surface area contributed by atoms with Gasteiger partial charge in [-0.3, -0.25) is 4.98 Å². The molecule has 4 heteroatoms. The molecule has 0 amide bonds. The van der Waals surface area contributed by atoms with Crippen LogP contribution in [-0.4, -0.2) is 16.5 Å². The lowest BCUT2D eigenvalue weighted by molar-refractivity contribution is 0.533. The fourth-order valence-corrected chi connectivity index (χ4v) is 2.45. The van der Waals surface area contributed by atoms with E-state index in [1.807, 2.05) is 18.3 Å². The summed E-state index contributed by atoms with van der Waals surface area (Å²) in [5.74, 6) is 0.597. The van der Waals surface area contributed by atoms with Gasteiger partial charge in [-0.05, 0) is 49.6 Å². The van der Waals surface area contributed by atoms with Crippen molar-refractivity contribution in [1.29, 1.82) is 0 Å². The van der Waals surface area contributed by atoms with Crippen LogP contribution in [0.1, 0.15) is 35.3 Å². The highest BCUT2D eigenvalue weighted by Gasteiger charge is 2.16. The van der Waals surface area contributed by atoms with E-state index < -0.39 is 0 Å². The highest BCUT2D eigenvalue weighted by atomic mass is 14.9. The third-order valence-corrected chi connectivity index (χ3v) is 3.39. The summed E-state index contributed by atoms with van der Waals surface area (Å²) in [6.07, 6.45) is 4.43. The molecule has 2 aromatic heterocycles. The molecule has 0 saturated heterocycles. The summed E-state index contributed by atoms with van der Waals surface area (Å²) in [4.78, 5) is 8.75. The zero-order valence-corrected chi connectivity index (χ0v) is 12.4. The molecule has 20 heavy (non-hydrogen) atoms. The molecule has 0 saturated carbocycles. The highest BCUT2D eigenvalue weighted by Crippen LogP contribution is 2.22. The normalized spacial score (nSPS) is 12.3. The number of nitrogens with one attached hydrogen (secondary N) is 1. The quantitative estimate of drug-likeness (QED) is 0.876. The van der Waals surface area contributed by atoms with E-state index in [-0.39, 0.29) is 6.04 Å². The third-order valence-electron chi connectivity index (χ3n) is 3.39. The minimum atomic E-state index is 0.159. The van der Waals surface area contributed by atoms with Crippen LogP contribution in [0, 0.1) is 13.8 Å². The van der Waals surface area contributed by atoms with Gasteiger partial charge in [0, 0.05) is 12.4 Å². The van der Waals surface area contributed by atoms with Gasteiger partial charge in [-0.2, -0.15) is 0 Å². The number of likely N-dealkylation sites (N-methyl/N-ethyl adjacent to an activating group) is 1. The van der Waals surface area contributed by atoms with Gasteiger partial charge in [0.2, 0.25) is 0 Å². The Morgan fingerprint density at radius 1 is 1.30 bits per heavy atom. The molecule has 1 unspecified atom stereocenters. The first-order valence-electron chi connectivity index (χ1n) is 6.97. The predicted molar refractivity (Wildman–Crippen MR) is 82.5 cm³/mol. The Bertz CT molecular complexity index is 580. The minimum absolute atomic E-state index is 0.159. The molecule has 0 spiro atoms. The minimum Gasteiger partial charge on any atom is -0.383 e. The number of nitrogens with two attached hydrogens (primary N) is 1. The Morgan fingerprint density at radius 3 is 2.75 bits per heavy atom. The van der Waals surface area contributed by atoms with E-state index >= 15 is 0 Å². The smallest absolute Gasteiger partial charge is 0.126 e. The molecular weight excluding hydrogens is 248 g/mol. The summed E-state index contributed by atoms with van der Waals surface area (Å²) in [7, 11) is 0. The average Bonchev–Trinajstić information content (AvgIpc) is 2.41. The molecule has 2 rings (SSSR count). The van der Waals surface area contributed by atoms with Crippen molar-refractivity contribution in [2.24, 2.45) is 0 Å². The molecule has 106 valence electrons. The summed E-state index contributed by atoms with van der Waals surface area (Å²) in [5, 5.41) is 3.49. The van der Waals surface area contributed by atoms with E-state index in [9.17, 15) is 0 Å². The van der Waals surface area contributed by atoms with Crippen molar-refractivity contribution in [3.63, 3.8) is 0 Å². The number of nitrogens with zero attached hydrogens (tertiary/aromatic N) is 2. The van der Waals surface area contributed by atoms with Gasteiger partial charge < -0.3 is 11.1 Å². The van der Waals surface area contributed by atoms with Crippen molar-refractivity contribution in [2.75, 3.05) is 12.3 Å². The van der Waals surface area contributed by atoms with Gasteiger partial charge in [0.05, 0.1) is 11.7 Å². The average molecular weight is 270 g/mol. The maximum atomic E-state index is 5.95. The Balaban J connectivity index is 2.29. The molecule has 0 radical (unpaired) electrons. The second-order valence-electron chi connectivity index (χ2n) is 5.08. The van der Waals surface area contributed by atoms with Crippen LogP contribution in [0.4, 0.5) is 5.82 Å². The van der Waals surface area contributed by atoms with Crippen molar-refractivity contribution in [3.05, 3.63) is 53.0 Å². The molecule has 2 aromatic rings. The summed E-state index contributed by atoms with van der Waals surface area (Å²) in [6, 6.07) is 6.27. The largest absolute Gasteiger partial charge is 0.383 e. The van der Waals surface area contributed by atoms with E-state index in [1.54, 1.807) is 6.20 Å². The lowest BCUT2D eigenvalue weighted by atomic mass is 9.99. The number of hydrogen-bond acceptors (Lipinski definition) is 4. The monoisotopic (exact) mass is 270 g/mol. The molecule has 3 N–H and O–H groups in total. The first kappa shape index (κ1) is 14.5. The first-order valence-corrected chi connectivity index (χ1v) is 6.97. The van der Waals surface area contributed by atoms with Crippen molar-refractivity contribution >= 4 is 5.82 Å². The maximum absolute atomic E-state index is 5.95. The summed E-state index contributed by atoms with van der Waals surface area (Å²) in [5.41, 5.74) is 10.5. The molecule has 0 aliphatic heterocycles.